The van der Waals surface area contributed by atoms with Crippen molar-refractivity contribution in [2.75, 3.05) is 12.4 Å². The Bertz CT molecular complexity index is 1270. The van der Waals surface area contributed by atoms with E-state index >= 15 is 0 Å². The van der Waals surface area contributed by atoms with E-state index in [1.807, 2.05) is 6.92 Å². The predicted molar refractivity (Wildman–Crippen MR) is 107 cm³/mol. The van der Waals surface area contributed by atoms with Crippen LogP contribution in [0.3, 0.4) is 0 Å². The molecule has 0 radical (unpaired) electrons. The molecule has 4 rings (SSSR count). The van der Waals surface area contributed by atoms with E-state index in [-0.39, 0.29) is 11.5 Å². The van der Waals surface area contributed by atoms with Crippen LogP contribution in [-0.4, -0.2) is 32.6 Å². The molecule has 0 saturated heterocycles. The van der Waals surface area contributed by atoms with Gasteiger partial charge in [-0.3, -0.25) is 4.79 Å². The maximum Gasteiger partial charge on any atom is 0.433 e. The number of alkyl halides is 3. The van der Waals surface area contributed by atoms with Gasteiger partial charge in [-0.1, -0.05) is 42.0 Å². The Morgan fingerprint density at radius 2 is 1.77 bits per heavy atom. The Labute approximate surface area is 174 Å². The van der Waals surface area contributed by atoms with Crippen LogP contribution in [0.15, 0.2) is 54.6 Å². The third-order valence-corrected chi connectivity index (χ3v) is 4.51. The lowest BCUT2D eigenvalue weighted by Crippen LogP contribution is -2.16. The summed E-state index contributed by atoms with van der Waals surface area (Å²) in [6, 6.07) is 14.4. The van der Waals surface area contributed by atoms with Gasteiger partial charge in [0.25, 0.3) is 11.7 Å². The number of ether oxygens (including phenoxy) is 1. The smallest absolute Gasteiger partial charge is 0.433 e. The number of hydrogen-bond donors (Lipinski definition) is 1. The minimum absolute atomic E-state index is 0.0731. The SMILES string of the molecule is COc1ccccc1NC(=O)c1nc2nc(-c3ccc(C)cc3)cc(C(F)(F)F)n2n1. The molecule has 0 saturated carbocycles. The van der Waals surface area contributed by atoms with Crippen molar-refractivity contribution in [3.63, 3.8) is 0 Å². The van der Waals surface area contributed by atoms with Crippen LogP contribution in [0.25, 0.3) is 17.0 Å². The standard InChI is InChI=1S/C21H16F3N5O2/c1-12-7-9-13(10-8-12)15-11-17(21(22,23)24)29-20(26-15)27-18(28-29)19(30)25-14-5-3-4-6-16(14)31-2/h3-11H,1-2H3,(H,25,30). The van der Waals surface area contributed by atoms with E-state index < -0.39 is 23.6 Å². The summed E-state index contributed by atoms with van der Waals surface area (Å²) in [6.45, 7) is 1.87. The number of halogens is 3. The van der Waals surface area contributed by atoms with Gasteiger partial charge in [0, 0.05) is 5.56 Å². The van der Waals surface area contributed by atoms with E-state index in [9.17, 15) is 18.0 Å². The number of hydrogen-bond acceptors (Lipinski definition) is 5. The average molecular weight is 427 g/mol. The van der Waals surface area contributed by atoms with Crippen molar-refractivity contribution >= 4 is 17.4 Å². The summed E-state index contributed by atoms with van der Waals surface area (Å²) in [6.07, 6.45) is -4.73. The van der Waals surface area contributed by atoms with Gasteiger partial charge in [-0.15, -0.1) is 5.10 Å². The van der Waals surface area contributed by atoms with E-state index in [0.717, 1.165) is 11.6 Å². The fourth-order valence-electron chi connectivity index (χ4n) is 2.96. The van der Waals surface area contributed by atoms with E-state index in [2.05, 4.69) is 20.4 Å². The zero-order valence-electron chi connectivity index (χ0n) is 16.4. The van der Waals surface area contributed by atoms with Crippen LogP contribution < -0.4 is 10.1 Å². The fourth-order valence-corrected chi connectivity index (χ4v) is 2.96. The Morgan fingerprint density at radius 1 is 1.06 bits per heavy atom. The Balaban J connectivity index is 1.78. The van der Waals surface area contributed by atoms with Gasteiger partial charge in [0.15, 0.2) is 5.69 Å². The number of benzene rings is 2. The molecule has 0 bridgehead atoms. The second-order valence-corrected chi connectivity index (χ2v) is 6.69. The number of aryl methyl sites for hydroxylation is 1. The highest BCUT2D eigenvalue weighted by Crippen LogP contribution is 2.32. The van der Waals surface area contributed by atoms with Gasteiger partial charge in [0.1, 0.15) is 5.75 Å². The summed E-state index contributed by atoms with van der Waals surface area (Å²) >= 11 is 0. The first-order valence-corrected chi connectivity index (χ1v) is 9.12. The van der Waals surface area contributed by atoms with Crippen LogP contribution in [0.1, 0.15) is 21.9 Å². The Hall–Kier alpha value is -3.95. The molecule has 7 nitrogen and oxygen atoms in total. The summed E-state index contributed by atoms with van der Waals surface area (Å²) in [4.78, 5) is 20.7. The summed E-state index contributed by atoms with van der Waals surface area (Å²) in [5, 5.41) is 6.29. The molecule has 31 heavy (non-hydrogen) atoms. The van der Waals surface area contributed by atoms with Crippen molar-refractivity contribution in [1.82, 2.24) is 19.6 Å². The topological polar surface area (TPSA) is 81.4 Å². The van der Waals surface area contributed by atoms with Gasteiger partial charge < -0.3 is 10.1 Å². The van der Waals surface area contributed by atoms with Crippen molar-refractivity contribution in [1.29, 1.82) is 0 Å². The van der Waals surface area contributed by atoms with Gasteiger partial charge in [-0.05, 0) is 25.1 Å². The zero-order chi connectivity index (χ0) is 22.2. The largest absolute Gasteiger partial charge is 0.495 e. The number of fused-ring (bicyclic) bond motifs is 1. The summed E-state index contributed by atoms with van der Waals surface area (Å²) < 4.78 is 46.8. The molecule has 0 fully saturated rings. The van der Waals surface area contributed by atoms with Crippen LogP contribution >= 0.6 is 0 Å². The Kier molecular flexibility index (Phi) is 5.05. The van der Waals surface area contributed by atoms with Crippen molar-refractivity contribution in [2.24, 2.45) is 0 Å². The minimum Gasteiger partial charge on any atom is -0.495 e. The number of carbonyl (C=O) groups is 1. The summed E-state index contributed by atoms with van der Waals surface area (Å²) in [7, 11) is 1.43. The number of rotatable bonds is 4. The first kappa shape index (κ1) is 20.3. The number of para-hydroxylation sites is 2. The van der Waals surface area contributed by atoms with E-state index in [0.29, 0.717) is 21.5 Å². The second kappa shape index (κ2) is 7.71. The van der Waals surface area contributed by atoms with Crippen LogP contribution in [0, 0.1) is 6.92 Å². The van der Waals surface area contributed by atoms with Gasteiger partial charge in [0.2, 0.25) is 5.82 Å². The van der Waals surface area contributed by atoms with Crippen LogP contribution in [0.4, 0.5) is 18.9 Å². The number of nitrogens with one attached hydrogen (secondary N) is 1. The fraction of sp³-hybridized carbons (Fsp3) is 0.143. The quantitative estimate of drug-likeness (QED) is 0.523. The molecule has 4 aromatic rings. The molecule has 0 aliphatic rings. The number of amides is 1. The van der Waals surface area contributed by atoms with Crippen molar-refractivity contribution in [2.45, 2.75) is 13.1 Å². The number of carbonyl (C=O) groups excluding carboxylic acids is 1. The van der Waals surface area contributed by atoms with Crippen LogP contribution in [0.5, 0.6) is 5.75 Å². The monoisotopic (exact) mass is 427 g/mol. The van der Waals surface area contributed by atoms with Gasteiger partial charge in [0.05, 0.1) is 18.5 Å². The van der Waals surface area contributed by atoms with Crippen molar-refractivity contribution in [3.05, 3.63) is 71.7 Å². The predicted octanol–water partition coefficient (Wildman–Crippen LogP) is 4.38. The molecule has 1 N–H and O–H groups in total. The molecule has 2 heterocycles. The molecule has 0 aliphatic heterocycles. The molecular formula is C21H16F3N5O2. The van der Waals surface area contributed by atoms with E-state index in [1.165, 1.54) is 7.11 Å². The molecule has 0 unspecified atom stereocenters. The number of anilines is 1. The molecule has 158 valence electrons. The normalized spacial score (nSPS) is 11.5. The molecule has 10 heteroatoms. The molecule has 0 spiro atoms. The number of methoxy groups -OCH3 is 1. The molecule has 2 aromatic carbocycles. The summed E-state index contributed by atoms with van der Waals surface area (Å²) in [5.41, 5.74) is 0.763. The third kappa shape index (κ3) is 4.04. The van der Waals surface area contributed by atoms with Crippen molar-refractivity contribution < 1.29 is 22.7 Å². The van der Waals surface area contributed by atoms with Gasteiger partial charge in [-0.2, -0.15) is 22.7 Å². The number of aromatic nitrogens is 4. The highest BCUT2D eigenvalue weighted by Gasteiger charge is 2.36. The first-order valence-electron chi connectivity index (χ1n) is 9.12. The van der Waals surface area contributed by atoms with Crippen LogP contribution in [0.2, 0.25) is 0 Å². The lowest BCUT2D eigenvalue weighted by atomic mass is 10.1. The average Bonchev–Trinajstić information content (AvgIpc) is 3.17. The zero-order valence-corrected chi connectivity index (χ0v) is 16.4. The second-order valence-electron chi connectivity index (χ2n) is 6.69. The maximum atomic E-state index is 13.7. The minimum atomic E-state index is -4.73. The van der Waals surface area contributed by atoms with Gasteiger partial charge >= 0.3 is 6.18 Å². The van der Waals surface area contributed by atoms with E-state index in [4.69, 9.17) is 4.74 Å². The molecular weight excluding hydrogens is 411 g/mol. The highest BCUT2D eigenvalue weighted by atomic mass is 19.4. The molecule has 0 atom stereocenters. The lowest BCUT2D eigenvalue weighted by molar-refractivity contribution is -0.142. The highest BCUT2D eigenvalue weighted by molar-refractivity contribution is 6.02. The molecule has 0 aliphatic carbocycles. The maximum absolute atomic E-state index is 13.7. The van der Waals surface area contributed by atoms with Crippen LogP contribution in [-0.2, 0) is 6.18 Å². The summed E-state index contributed by atoms with van der Waals surface area (Å²) in [5.74, 6) is -1.20. The Morgan fingerprint density at radius 3 is 2.45 bits per heavy atom. The molecule has 2 aromatic heterocycles. The molecule has 1 amide bonds. The first-order chi connectivity index (χ1) is 14.8. The van der Waals surface area contributed by atoms with Gasteiger partial charge in [-0.25, -0.2) is 4.98 Å². The number of nitrogens with zero attached hydrogens (tertiary/aromatic N) is 4. The van der Waals surface area contributed by atoms with E-state index in [1.54, 1.807) is 48.5 Å². The van der Waals surface area contributed by atoms with Crippen molar-refractivity contribution in [3.8, 4) is 17.0 Å². The lowest BCUT2D eigenvalue weighted by Gasteiger charge is -2.10. The third-order valence-electron chi connectivity index (χ3n) is 4.51.